The first-order valence-corrected chi connectivity index (χ1v) is 6.77. The Morgan fingerprint density at radius 3 is 2.72 bits per heavy atom. The van der Waals surface area contributed by atoms with Crippen molar-refractivity contribution in [1.29, 1.82) is 0 Å². The van der Waals surface area contributed by atoms with Crippen LogP contribution in [0.5, 0.6) is 0 Å². The molecule has 1 aliphatic carbocycles. The van der Waals surface area contributed by atoms with Gasteiger partial charge in [0.05, 0.1) is 7.11 Å². The second-order valence-corrected chi connectivity index (χ2v) is 4.93. The fraction of sp³-hybridized carbons (Fsp3) is 0.714. The first kappa shape index (κ1) is 13.4. The highest BCUT2D eigenvalue weighted by atomic mass is 16.5. The summed E-state index contributed by atoms with van der Waals surface area (Å²) in [5, 5.41) is 0. The van der Waals surface area contributed by atoms with Gasteiger partial charge in [0.15, 0.2) is 5.76 Å². The maximum Gasteiger partial charge on any atom is 0.156 e. The summed E-state index contributed by atoms with van der Waals surface area (Å²) in [6.07, 6.45) is 6.15. The molecule has 18 heavy (non-hydrogen) atoms. The molecule has 1 saturated heterocycles. The molecule has 0 spiro atoms. The fourth-order valence-electron chi connectivity index (χ4n) is 2.32. The zero-order valence-corrected chi connectivity index (χ0v) is 11.5. The number of allylic oxidation sites excluding steroid dienone is 3. The smallest absolute Gasteiger partial charge is 0.156 e. The minimum atomic E-state index is 0.764. The molecule has 0 atom stereocenters. The molecule has 102 valence electrons. The van der Waals surface area contributed by atoms with Gasteiger partial charge in [-0.1, -0.05) is 6.08 Å². The van der Waals surface area contributed by atoms with E-state index in [1.54, 1.807) is 7.11 Å². The normalized spacial score (nSPS) is 22.3. The van der Waals surface area contributed by atoms with Gasteiger partial charge in [-0.2, -0.15) is 0 Å². The molecule has 4 nitrogen and oxygen atoms in total. The van der Waals surface area contributed by atoms with Gasteiger partial charge >= 0.3 is 0 Å². The van der Waals surface area contributed by atoms with Gasteiger partial charge in [0, 0.05) is 39.1 Å². The van der Waals surface area contributed by atoms with E-state index in [-0.39, 0.29) is 0 Å². The standard InChI is InChI=1S/C14H24N2O2/c1-15-7-9-16(10-8-15)11-12-18-14-6-4-3-5-13(14)17-2/h3,5H,4,6-12H2,1-2H3. The molecule has 0 radical (unpaired) electrons. The van der Waals surface area contributed by atoms with Gasteiger partial charge in [-0.05, 0) is 19.5 Å². The lowest BCUT2D eigenvalue weighted by Crippen LogP contribution is -2.45. The largest absolute Gasteiger partial charge is 0.493 e. The van der Waals surface area contributed by atoms with Crippen LogP contribution in [0.15, 0.2) is 23.7 Å². The number of piperazine rings is 1. The maximum absolute atomic E-state index is 5.86. The van der Waals surface area contributed by atoms with E-state index in [9.17, 15) is 0 Å². The van der Waals surface area contributed by atoms with Crippen molar-refractivity contribution in [3.05, 3.63) is 23.7 Å². The van der Waals surface area contributed by atoms with Gasteiger partial charge in [0.25, 0.3) is 0 Å². The van der Waals surface area contributed by atoms with Crippen molar-refractivity contribution in [2.45, 2.75) is 12.8 Å². The number of likely N-dealkylation sites (N-methyl/N-ethyl adjacent to an activating group) is 1. The van der Waals surface area contributed by atoms with E-state index in [2.05, 4.69) is 22.9 Å². The molecule has 0 aromatic heterocycles. The minimum absolute atomic E-state index is 0.764. The topological polar surface area (TPSA) is 24.9 Å². The summed E-state index contributed by atoms with van der Waals surface area (Å²) in [6.45, 7) is 6.40. The van der Waals surface area contributed by atoms with E-state index >= 15 is 0 Å². The first-order valence-electron chi connectivity index (χ1n) is 6.77. The molecule has 0 unspecified atom stereocenters. The van der Waals surface area contributed by atoms with E-state index in [4.69, 9.17) is 9.47 Å². The quantitative estimate of drug-likeness (QED) is 0.739. The van der Waals surface area contributed by atoms with E-state index < -0.39 is 0 Å². The lowest BCUT2D eigenvalue weighted by Gasteiger charge is -2.32. The van der Waals surface area contributed by atoms with Crippen molar-refractivity contribution < 1.29 is 9.47 Å². The van der Waals surface area contributed by atoms with E-state index in [1.165, 1.54) is 0 Å². The van der Waals surface area contributed by atoms with Crippen LogP contribution in [0.3, 0.4) is 0 Å². The van der Waals surface area contributed by atoms with Gasteiger partial charge < -0.3 is 14.4 Å². The zero-order chi connectivity index (χ0) is 12.8. The SMILES string of the molecule is COC1=C(OCCN2CCN(C)CC2)CCC=C1. The molecule has 0 saturated carbocycles. The summed E-state index contributed by atoms with van der Waals surface area (Å²) >= 11 is 0. The summed E-state index contributed by atoms with van der Waals surface area (Å²) in [5.41, 5.74) is 0. The fourth-order valence-corrected chi connectivity index (χ4v) is 2.32. The molecule has 1 heterocycles. The van der Waals surface area contributed by atoms with Crippen LogP contribution in [-0.4, -0.2) is 63.3 Å². The Morgan fingerprint density at radius 2 is 2.00 bits per heavy atom. The Balaban J connectivity index is 1.71. The molecular weight excluding hydrogens is 228 g/mol. The molecular formula is C14H24N2O2. The third kappa shape index (κ3) is 3.75. The highest BCUT2D eigenvalue weighted by molar-refractivity contribution is 5.20. The number of ether oxygens (including phenoxy) is 2. The van der Waals surface area contributed by atoms with Crippen molar-refractivity contribution in [2.75, 3.05) is 53.5 Å². The molecule has 2 aliphatic rings. The zero-order valence-electron chi connectivity index (χ0n) is 11.5. The molecule has 2 rings (SSSR count). The van der Waals surface area contributed by atoms with Crippen LogP contribution in [0, 0.1) is 0 Å². The van der Waals surface area contributed by atoms with Crippen LogP contribution in [-0.2, 0) is 9.47 Å². The molecule has 0 aromatic carbocycles. The third-order valence-corrected chi connectivity index (χ3v) is 3.58. The first-order chi connectivity index (χ1) is 8.79. The summed E-state index contributed by atoms with van der Waals surface area (Å²) in [4.78, 5) is 4.83. The molecule has 0 N–H and O–H groups in total. The number of methoxy groups -OCH3 is 1. The van der Waals surface area contributed by atoms with Crippen molar-refractivity contribution in [1.82, 2.24) is 9.80 Å². The van der Waals surface area contributed by atoms with Gasteiger partial charge in [-0.15, -0.1) is 0 Å². The van der Waals surface area contributed by atoms with Crippen LogP contribution < -0.4 is 0 Å². The second-order valence-electron chi connectivity index (χ2n) is 4.93. The van der Waals surface area contributed by atoms with Crippen molar-refractivity contribution in [2.24, 2.45) is 0 Å². The summed E-state index contributed by atoms with van der Waals surface area (Å²) in [7, 11) is 3.88. The van der Waals surface area contributed by atoms with Crippen LogP contribution >= 0.6 is 0 Å². The predicted molar refractivity (Wildman–Crippen MR) is 72.3 cm³/mol. The second kappa shape index (κ2) is 6.81. The Bertz CT molecular complexity index is 318. The van der Waals surface area contributed by atoms with Crippen molar-refractivity contribution in [3.8, 4) is 0 Å². The van der Waals surface area contributed by atoms with Gasteiger partial charge in [0.1, 0.15) is 12.4 Å². The summed E-state index contributed by atoms with van der Waals surface area (Å²) < 4.78 is 11.2. The molecule has 1 fully saturated rings. The Morgan fingerprint density at radius 1 is 1.22 bits per heavy atom. The maximum atomic E-state index is 5.86. The van der Waals surface area contributed by atoms with Crippen LogP contribution in [0.1, 0.15) is 12.8 Å². The lowest BCUT2D eigenvalue weighted by molar-refractivity contribution is 0.103. The van der Waals surface area contributed by atoms with E-state index in [0.717, 1.165) is 63.7 Å². The molecule has 0 bridgehead atoms. The average Bonchev–Trinajstić information content (AvgIpc) is 2.41. The average molecular weight is 252 g/mol. The monoisotopic (exact) mass is 252 g/mol. The van der Waals surface area contributed by atoms with Gasteiger partial charge in [-0.25, -0.2) is 0 Å². The van der Waals surface area contributed by atoms with E-state index in [0.29, 0.717) is 0 Å². The predicted octanol–water partition coefficient (Wildman–Crippen LogP) is 1.46. The Kier molecular flexibility index (Phi) is 5.08. The van der Waals surface area contributed by atoms with Crippen LogP contribution in [0.2, 0.25) is 0 Å². The van der Waals surface area contributed by atoms with Gasteiger partial charge in [-0.3, -0.25) is 4.90 Å². The van der Waals surface area contributed by atoms with Gasteiger partial charge in [0.2, 0.25) is 0 Å². The number of nitrogens with zero attached hydrogens (tertiary/aromatic N) is 2. The Labute approximate surface area is 110 Å². The number of hydrogen-bond donors (Lipinski definition) is 0. The molecule has 0 amide bonds. The van der Waals surface area contributed by atoms with E-state index in [1.807, 2.05) is 6.08 Å². The van der Waals surface area contributed by atoms with Crippen LogP contribution in [0.25, 0.3) is 0 Å². The molecule has 1 aliphatic heterocycles. The summed E-state index contributed by atoms with van der Waals surface area (Å²) in [6, 6.07) is 0. The highest BCUT2D eigenvalue weighted by Gasteiger charge is 2.14. The van der Waals surface area contributed by atoms with Crippen molar-refractivity contribution in [3.63, 3.8) is 0 Å². The third-order valence-electron chi connectivity index (χ3n) is 3.58. The number of rotatable bonds is 5. The lowest BCUT2D eigenvalue weighted by atomic mass is 10.1. The number of hydrogen-bond acceptors (Lipinski definition) is 4. The van der Waals surface area contributed by atoms with Crippen molar-refractivity contribution >= 4 is 0 Å². The molecule has 4 heteroatoms. The minimum Gasteiger partial charge on any atom is -0.493 e. The molecule has 0 aromatic rings. The Hall–Kier alpha value is -1.00. The van der Waals surface area contributed by atoms with Crippen LogP contribution in [0.4, 0.5) is 0 Å². The highest BCUT2D eigenvalue weighted by Crippen LogP contribution is 2.20. The summed E-state index contributed by atoms with van der Waals surface area (Å²) in [5.74, 6) is 1.90.